The smallest absolute Gasteiger partial charge is 0.249 e. The largest absolute Gasteiger partial charge is 0.394 e. The highest BCUT2D eigenvalue weighted by Crippen LogP contribution is 2.23. The summed E-state index contributed by atoms with van der Waals surface area (Å²) in [5.74, 6) is -0.611. The van der Waals surface area contributed by atoms with Gasteiger partial charge in [0.2, 0.25) is 5.91 Å². The van der Waals surface area contributed by atoms with Crippen LogP contribution < -0.4 is 5.32 Å². The molecule has 0 aromatic rings. The number of amides is 1. The van der Waals surface area contributed by atoms with E-state index in [0.29, 0.717) is 6.42 Å². The van der Waals surface area contributed by atoms with Crippen LogP contribution in [0, 0.1) is 0 Å². The van der Waals surface area contributed by atoms with Crippen molar-refractivity contribution in [3.63, 3.8) is 0 Å². The molecule has 64 heavy (non-hydrogen) atoms. The van der Waals surface area contributed by atoms with Crippen molar-refractivity contribution < 1.29 is 44.9 Å². The third kappa shape index (κ3) is 33.4. The topological polar surface area (TPSA) is 169 Å². The number of carbonyl (C=O) groups is 1. The van der Waals surface area contributed by atoms with Gasteiger partial charge < -0.3 is 45.4 Å². The van der Waals surface area contributed by atoms with E-state index in [1.165, 1.54) is 199 Å². The molecule has 1 fully saturated rings. The van der Waals surface area contributed by atoms with Gasteiger partial charge in [-0.2, -0.15) is 0 Å². The Morgan fingerprint density at radius 2 is 0.891 bits per heavy atom. The molecular formula is C54H105NO9. The highest BCUT2D eigenvalue weighted by Gasteiger charge is 2.44. The maximum absolute atomic E-state index is 13.1. The Morgan fingerprint density at radius 1 is 0.531 bits per heavy atom. The van der Waals surface area contributed by atoms with Gasteiger partial charge in [0, 0.05) is 0 Å². The number of aliphatic hydroxyl groups excluding tert-OH is 6. The number of rotatable bonds is 47. The maximum atomic E-state index is 13.1. The molecule has 0 saturated carbocycles. The van der Waals surface area contributed by atoms with Crippen molar-refractivity contribution in [3.05, 3.63) is 12.2 Å². The van der Waals surface area contributed by atoms with Crippen LogP contribution in [0.25, 0.3) is 0 Å². The first kappa shape index (κ1) is 60.9. The summed E-state index contributed by atoms with van der Waals surface area (Å²) in [5, 5.41) is 64.9. The van der Waals surface area contributed by atoms with Gasteiger partial charge in [0.1, 0.15) is 30.5 Å². The predicted molar refractivity (Wildman–Crippen MR) is 264 cm³/mol. The number of ether oxygens (including phenoxy) is 2. The molecule has 1 amide bonds. The fourth-order valence-electron chi connectivity index (χ4n) is 8.99. The molecule has 7 N–H and O–H groups in total. The fourth-order valence-corrected chi connectivity index (χ4v) is 8.99. The average Bonchev–Trinajstić information content (AvgIpc) is 3.29. The summed E-state index contributed by atoms with van der Waals surface area (Å²) in [4.78, 5) is 13.1. The molecule has 1 saturated heterocycles. The zero-order valence-corrected chi connectivity index (χ0v) is 41.7. The molecule has 10 heteroatoms. The van der Waals surface area contributed by atoms with E-state index in [-0.39, 0.29) is 6.61 Å². The van der Waals surface area contributed by atoms with E-state index in [0.717, 1.165) is 44.9 Å². The second-order valence-corrected chi connectivity index (χ2v) is 19.5. The van der Waals surface area contributed by atoms with Gasteiger partial charge in [0.25, 0.3) is 0 Å². The number of hydrogen-bond acceptors (Lipinski definition) is 9. The van der Waals surface area contributed by atoms with Crippen molar-refractivity contribution in [2.75, 3.05) is 13.2 Å². The van der Waals surface area contributed by atoms with E-state index < -0.39 is 61.5 Å². The molecule has 8 unspecified atom stereocenters. The van der Waals surface area contributed by atoms with Crippen molar-refractivity contribution in [2.24, 2.45) is 0 Å². The molecule has 1 rings (SSSR count). The average molecular weight is 912 g/mol. The zero-order chi connectivity index (χ0) is 46.7. The second kappa shape index (κ2) is 44.4. The number of hydrogen-bond donors (Lipinski definition) is 7. The Bertz CT molecular complexity index is 1030. The molecule has 8 atom stereocenters. The van der Waals surface area contributed by atoms with Gasteiger partial charge in [-0.1, -0.05) is 257 Å². The lowest BCUT2D eigenvalue weighted by atomic mass is 9.99. The van der Waals surface area contributed by atoms with Crippen molar-refractivity contribution >= 4 is 5.91 Å². The van der Waals surface area contributed by atoms with Crippen molar-refractivity contribution in [1.82, 2.24) is 5.32 Å². The van der Waals surface area contributed by atoms with Gasteiger partial charge in [0.05, 0.1) is 25.4 Å². The minimum absolute atomic E-state index is 0.301. The molecule has 1 aliphatic rings. The standard InChI is InChI=1S/C54H105NO9/c1-3-5-7-9-11-13-15-17-19-20-21-22-23-24-25-26-27-28-29-31-33-35-37-39-41-43-48(58)53(62)55-46(45-63-54-52(61)51(60)50(59)49(44-56)64-54)47(57)42-40-38-36-34-32-30-18-16-14-12-10-8-6-4-2/h40,42,46-52,54,56-61H,3-39,41,43-45H2,1-2H3,(H,55,62)/b42-40+. The molecule has 0 aromatic heterocycles. The number of allylic oxidation sites excluding steroid dienone is 1. The van der Waals surface area contributed by atoms with E-state index >= 15 is 0 Å². The number of unbranched alkanes of at least 4 members (excludes halogenated alkanes) is 36. The predicted octanol–water partition coefficient (Wildman–Crippen LogP) is 11.8. The molecule has 0 aliphatic carbocycles. The van der Waals surface area contributed by atoms with Crippen LogP contribution in [0.5, 0.6) is 0 Å². The highest BCUT2D eigenvalue weighted by atomic mass is 16.7. The minimum atomic E-state index is -1.61. The Balaban J connectivity index is 2.24. The third-order valence-electron chi connectivity index (χ3n) is 13.5. The summed E-state index contributed by atoms with van der Waals surface area (Å²) in [6, 6.07) is -0.975. The van der Waals surface area contributed by atoms with Crippen LogP contribution >= 0.6 is 0 Å². The Hall–Kier alpha value is -1.11. The molecule has 0 radical (unpaired) electrons. The fraction of sp³-hybridized carbons (Fsp3) is 0.944. The molecule has 1 heterocycles. The van der Waals surface area contributed by atoms with Crippen LogP contribution in [0.15, 0.2) is 12.2 Å². The van der Waals surface area contributed by atoms with Gasteiger partial charge in [0.15, 0.2) is 6.29 Å². The van der Waals surface area contributed by atoms with E-state index in [4.69, 9.17) is 9.47 Å². The summed E-state index contributed by atoms with van der Waals surface area (Å²) in [6.07, 6.45) is 43.1. The van der Waals surface area contributed by atoms with Crippen molar-refractivity contribution in [1.29, 1.82) is 0 Å². The maximum Gasteiger partial charge on any atom is 0.249 e. The summed E-state index contributed by atoms with van der Waals surface area (Å²) in [7, 11) is 0. The molecule has 0 aromatic carbocycles. The van der Waals surface area contributed by atoms with Crippen molar-refractivity contribution in [2.45, 2.75) is 313 Å². The lowest BCUT2D eigenvalue weighted by Crippen LogP contribution is -2.60. The van der Waals surface area contributed by atoms with Gasteiger partial charge in [-0.25, -0.2) is 0 Å². The first-order valence-corrected chi connectivity index (χ1v) is 27.5. The SMILES string of the molecule is CCCCCCCCCCCCCC/C=C/C(O)C(COC1OC(CO)C(O)C(O)C1O)NC(=O)C(O)CCCCCCCCCCCCCCCCCCCCCCCCCCC. The number of aliphatic hydroxyl groups is 6. The van der Waals surface area contributed by atoms with E-state index in [1.807, 2.05) is 6.08 Å². The summed E-state index contributed by atoms with van der Waals surface area (Å²) in [5.41, 5.74) is 0. The second-order valence-electron chi connectivity index (χ2n) is 19.5. The minimum Gasteiger partial charge on any atom is -0.394 e. The Labute approximate surface area is 393 Å². The third-order valence-corrected chi connectivity index (χ3v) is 13.5. The number of nitrogens with one attached hydrogen (secondary N) is 1. The molecule has 10 nitrogen and oxygen atoms in total. The molecule has 380 valence electrons. The molecule has 1 aliphatic heterocycles. The van der Waals surface area contributed by atoms with Crippen LogP contribution in [0.2, 0.25) is 0 Å². The van der Waals surface area contributed by atoms with Crippen molar-refractivity contribution in [3.8, 4) is 0 Å². The van der Waals surface area contributed by atoms with Crippen LogP contribution in [0.4, 0.5) is 0 Å². The highest BCUT2D eigenvalue weighted by molar-refractivity contribution is 5.80. The number of carbonyl (C=O) groups excluding carboxylic acids is 1. The van der Waals surface area contributed by atoms with E-state index in [1.54, 1.807) is 6.08 Å². The van der Waals surface area contributed by atoms with E-state index in [2.05, 4.69) is 19.2 Å². The van der Waals surface area contributed by atoms with Crippen LogP contribution in [0.1, 0.15) is 264 Å². The van der Waals surface area contributed by atoms with Crippen LogP contribution in [-0.2, 0) is 14.3 Å². The van der Waals surface area contributed by atoms with E-state index in [9.17, 15) is 35.4 Å². The Morgan fingerprint density at radius 3 is 1.27 bits per heavy atom. The monoisotopic (exact) mass is 912 g/mol. The quantitative estimate of drug-likeness (QED) is 0.0232. The Kier molecular flexibility index (Phi) is 42.3. The zero-order valence-electron chi connectivity index (χ0n) is 41.7. The van der Waals surface area contributed by atoms with Gasteiger partial charge in [-0.15, -0.1) is 0 Å². The van der Waals surface area contributed by atoms with Gasteiger partial charge >= 0.3 is 0 Å². The van der Waals surface area contributed by atoms with Crippen LogP contribution in [0.3, 0.4) is 0 Å². The normalized spacial score (nSPS) is 20.5. The van der Waals surface area contributed by atoms with Gasteiger partial charge in [-0.3, -0.25) is 4.79 Å². The first-order valence-electron chi connectivity index (χ1n) is 27.5. The lowest BCUT2D eigenvalue weighted by Gasteiger charge is -2.40. The summed E-state index contributed by atoms with van der Waals surface area (Å²) >= 11 is 0. The van der Waals surface area contributed by atoms with Crippen LogP contribution in [-0.4, -0.2) is 98.7 Å². The van der Waals surface area contributed by atoms with Gasteiger partial charge in [-0.05, 0) is 19.3 Å². The molecule has 0 bridgehead atoms. The summed E-state index contributed by atoms with van der Waals surface area (Å²) in [6.45, 7) is 3.64. The molecule has 0 spiro atoms. The first-order chi connectivity index (χ1) is 31.3. The molecular weight excluding hydrogens is 807 g/mol. The summed E-state index contributed by atoms with van der Waals surface area (Å²) < 4.78 is 11.2. The lowest BCUT2D eigenvalue weighted by molar-refractivity contribution is -0.302.